The zero-order valence-electron chi connectivity index (χ0n) is 9.80. The number of hydrogen-bond acceptors (Lipinski definition) is 5. The number of hydrogen-bond donors (Lipinski definition) is 2. The van der Waals surface area contributed by atoms with Crippen molar-refractivity contribution in [2.24, 2.45) is 5.16 Å². The standard InChI is InChI=1S/C10H16N2O5/c1-3-16-6(2)5-11-9(13)8-4-7(10(14)15)12-17-8/h6,8H,3-5H2,1-2H3,(H,11,13)(H,14,15). The molecule has 0 aromatic carbocycles. The van der Waals surface area contributed by atoms with E-state index in [2.05, 4.69) is 10.5 Å². The van der Waals surface area contributed by atoms with E-state index in [1.165, 1.54) is 0 Å². The quantitative estimate of drug-likeness (QED) is 0.672. The largest absolute Gasteiger partial charge is 0.477 e. The van der Waals surface area contributed by atoms with E-state index < -0.39 is 12.1 Å². The normalized spacial score (nSPS) is 20.4. The van der Waals surface area contributed by atoms with Crippen LogP contribution in [-0.4, -0.2) is 48.1 Å². The fourth-order valence-electron chi connectivity index (χ4n) is 1.35. The number of carboxylic acid groups (broad SMARTS) is 1. The molecule has 0 aromatic rings. The van der Waals surface area contributed by atoms with Gasteiger partial charge in [0, 0.05) is 19.6 Å². The number of carbonyl (C=O) groups is 2. The maximum absolute atomic E-state index is 11.6. The molecule has 0 saturated heterocycles. The molecular weight excluding hydrogens is 228 g/mol. The van der Waals surface area contributed by atoms with E-state index in [-0.39, 0.29) is 24.1 Å². The molecule has 0 bridgehead atoms. The summed E-state index contributed by atoms with van der Waals surface area (Å²) in [6.45, 7) is 4.63. The topological polar surface area (TPSA) is 97.2 Å². The van der Waals surface area contributed by atoms with Crippen molar-refractivity contribution in [2.75, 3.05) is 13.2 Å². The molecule has 0 saturated carbocycles. The van der Waals surface area contributed by atoms with Crippen LogP contribution in [-0.2, 0) is 19.2 Å². The number of carboxylic acids is 1. The first-order valence-corrected chi connectivity index (χ1v) is 5.39. The number of nitrogens with one attached hydrogen (secondary N) is 1. The summed E-state index contributed by atoms with van der Waals surface area (Å²) in [5, 5.41) is 14.6. The SMILES string of the molecule is CCOC(C)CNC(=O)C1CC(C(=O)O)=NO1. The number of oxime groups is 1. The molecule has 7 heteroatoms. The van der Waals surface area contributed by atoms with Gasteiger partial charge in [-0.1, -0.05) is 5.16 Å². The predicted octanol–water partition coefficient (Wildman–Crippen LogP) is -0.243. The maximum Gasteiger partial charge on any atom is 0.353 e. The van der Waals surface area contributed by atoms with Crippen LogP contribution in [0.5, 0.6) is 0 Å². The van der Waals surface area contributed by atoms with Gasteiger partial charge in [-0.05, 0) is 13.8 Å². The molecule has 17 heavy (non-hydrogen) atoms. The van der Waals surface area contributed by atoms with Crippen LogP contribution in [0.15, 0.2) is 5.16 Å². The summed E-state index contributed by atoms with van der Waals surface area (Å²) in [5.74, 6) is -1.54. The highest BCUT2D eigenvalue weighted by molar-refractivity contribution is 6.36. The van der Waals surface area contributed by atoms with Crippen molar-refractivity contribution in [2.45, 2.75) is 32.5 Å². The van der Waals surface area contributed by atoms with Crippen molar-refractivity contribution < 1.29 is 24.3 Å². The number of carbonyl (C=O) groups excluding carboxylic acids is 1. The molecule has 0 aromatic heterocycles. The van der Waals surface area contributed by atoms with E-state index in [0.717, 1.165) is 0 Å². The Morgan fingerprint density at radius 2 is 2.41 bits per heavy atom. The van der Waals surface area contributed by atoms with Crippen LogP contribution in [0.25, 0.3) is 0 Å². The molecule has 1 amide bonds. The second-order valence-electron chi connectivity index (χ2n) is 3.65. The molecule has 0 aliphatic carbocycles. The molecule has 0 fully saturated rings. The first kappa shape index (κ1) is 13.4. The Kier molecular flexibility index (Phi) is 4.89. The summed E-state index contributed by atoms with van der Waals surface area (Å²) in [6.07, 6.45) is -0.954. The molecule has 96 valence electrons. The van der Waals surface area contributed by atoms with Gasteiger partial charge in [0.2, 0.25) is 6.10 Å². The summed E-state index contributed by atoms with van der Waals surface area (Å²) >= 11 is 0. The van der Waals surface area contributed by atoms with Gasteiger partial charge in [-0.3, -0.25) is 4.79 Å². The van der Waals surface area contributed by atoms with Crippen LogP contribution in [0, 0.1) is 0 Å². The van der Waals surface area contributed by atoms with Crippen LogP contribution in [0.1, 0.15) is 20.3 Å². The first-order chi connectivity index (χ1) is 8.04. The second-order valence-corrected chi connectivity index (χ2v) is 3.65. The Morgan fingerprint density at radius 3 is 2.94 bits per heavy atom. The van der Waals surface area contributed by atoms with E-state index in [4.69, 9.17) is 14.7 Å². The summed E-state index contributed by atoms with van der Waals surface area (Å²) in [4.78, 5) is 26.9. The van der Waals surface area contributed by atoms with Gasteiger partial charge >= 0.3 is 5.97 Å². The first-order valence-electron chi connectivity index (χ1n) is 5.39. The van der Waals surface area contributed by atoms with Gasteiger partial charge in [0.1, 0.15) is 0 Å². The fraction of sp³-hybridized carbons (Fsp3) is 0.700. The number of rotatable bonds is 6. The van der Waals surface area contributed by atoms with Crippen LogP contribution >= 0.6 is 0 Å². The lowest BCUT2D eigenvalue weighted by molar-refractivity contribution is -0.131. The van der Waals surface area contributed by atoms with Gasteiger partial charge in [0.05, 0.1) is 6.10 Å². The number of ether oxygens (including phenoxy) is 1. The molecule has 7 nitrogen and oxygen atoms in total. The highest BCUT2D eigenvalue weighted by Gasteiger charge is 2.31. The lowest BCUT2D eigenvalue weighted by atomic mass is 10.1. The Hall–Kier alpha value is -1.63. The Bertz CT molecular complexity index is 329. The molecule has 2 atom stereocenters. The van der Waals surface area contributed by atoms with E-state index in [1.807, 2.05) is 13.8 Å². The lowest BCUT2D eigenvalue weighted by Gasteiger charge is -2.14. The average Bonchev–Trinajstić information content (AvgIpc) is 2.75. The van der Waals surface area contributed by atoms with Gasteiger partial charge in [-0.25, -0.2) is 4.79 Å². The minimum Gasteiger partial charge on any atom is -0.477 e. The molecule has 2 unspecified atom stereocenters. The van der Waals surface area contributed by atoms with Crippen LogP contribution in [0.3, 0.4) is 0 Å². The van der Waals surface area contributed by atoms with Crippen molar-refractivity contribution in [1.29, 1.82) is 0 Å². The van der Waals surface area contributed by atoms with Gasteiger partial charge in [-0.2, -0.15) is 0 Å². The van der Waals surface area contributed by atoms with Crippen molar-refractivity contribution in [3.8, 4) is 0 Å². The fourth-order valence-corrected chi connectivity index (χ4v) is 1.35. The van der Waals surface area contributed by atoms with Crippen molar-refractivity contribution in [3.05, 3.63) is 0 Å². The highest BCUT2D eigenvalue weighted by atomic mass is 16.6. The number of nitrogens with zero attached hydrogens (tertiary/aromatic N) is 1. The Labute approximate surface area is 98.8 Å². The zero-order valence-corrected chi connectivity index (χ0v) is 9.80. The third-order valence-corrected chi connectivity index (χ3v) is 2.22. The zero-order chi connectivity index (χ0) is 12.8. The van der Waals surface area contributed by atoms with E-state index in [0.29, 0.717) is 13.2 Å². The van der Waals surface area contributed by atoms with Crippen LogP contribution in [0.2, 0.25) is 0 Å². The maximum atomic E-state index is 11.6. The van der Waals surface area contributed by atoms with Gasteiger partial charge < -0.3 is 20.0 Å². The molecular formula is C10H16N2O5. The van der Waals surface area contributed by atoms with Gasteiger partial charge in [0.25, 0.3) is 5.91 Å². The summed E-state index contributed by atoms with van der Waals surface area (Å²) in [6, 6.07) is 0. The molecule has 2 N–H and O–H groups in total. The Morgan fingerprint density at radius 1 is 1.71 bits per heavy atom. The Balaban J connectivity index is 2.29. The second kappa shape index (κ2) is 6.19. The van der Waals surface area contributed by atoms with E-state index in [1.54, 1.807) is 0 Å². The number of aliphatic carboxylic acids is 1. The molecule has 1 aliphatic heterocycles. The van der Waals surface area contributed by atoms with Crippen LogP contribution in [0.4, 0.5) is 0 Å². The molecule has 1 heterocycles. The van der Waals surface area contributed by atoms with Gasteiger partial charge in [-0.15, -0.1) is 0 Å². The average molecular weight is 244 g/mol. The molecule has 1 rings (SSSR count). The third kappa shape index (κ3) is 4.03. The summed E-state index contributed by atoms with van der Waals surface area (Å²) in [5.41, 5.74) is -0.136. The summed E-state index contributed by atoms with van der Waals surface area (Å²) in [7, 11) is 0. The molecule has 0 radical (unpaired) electrons. The number of amides is 1. The van der Waals surface area contributed by atoms with Crippen LogP contribution < -0.4 is 5.32 Å². The minimum atomic E-state index is -1.16. The van der Waals surface area contributed by atoms with Crippen molar-refractivity contribution >= 4 is 17.6 Å². The smallest absolute Gasteiger partial charge is 0.353 e. The van der Waals surface area contributed by atoms with Crippen molar-refractivity contribution in [3.63, 3.8) is 0 Å². The minimum absolute atomic E-state index is 0.00974. The predicted molar refractivity (Wildman–Crippen MR) is 58.7 cm³/mol. The lowest BCUT2D eigenvalue weighted by Crippen LogP contribution is -2.39. The van der Waals surface area contributed by atoms with E-state index in [9.17, 15) is 9.59 Å². The highest BCUT2D eigenvalue weighted by Crippen LogP contribution is 2.10. The van der Waals surface area contributed by atoms with Crippen molar-refractivity contribution in [1.82, 2.24) is 5.32 Å². The van der Waals surface area contributed by atoms with Gasteiger partial charge in [0.15, 0.2) is 5.71 Å². The molecule has 0 spiro atoms. The molecule has 1 aliphatic rings. The summed E-state index contributed by atoms with van der Waals surface area (Å²) < 4.78 is 5.24. The van der Waals surface area contributed by atoms with E-state index >= 15 is 0 Å². The third-order valence-electron chi connectivity index (χ3n) is 2.22. The monoisotopic (exact) mass is 244 g/mol.